The van der Waals surface area contributed by atoms with Crippen molar-refractivity contribution < 1.29 is 19.2 Å². The quantitative estimate of drug-likeness (QED) is 0.311. The van der Waals surface area contributed by atoms with E-state index in [1.54, 1.807) is 3.88 Å². The Morgan fingerprint density at radius 2 is 1.00 bits per heavy atom. The molecule has 0 N–H and O–H groups in total. The van der Waals surface area contributed by atoms with E-state index in [-0.39, 0.29) is 28.5 Å². The summed E-state index contributed by atoms with van der Waals surface area (Å²) < 4.78 is 1.57. The van der Waals surface area contributed by atoms with Crippen LogP contribution in [-0.4, -0.2) is 0 Å². The number of hydrogen-bond acceptors (Lipinski definition) is 0. The van der Waals surface area contributed by atoms with Crippen LogP contribution in [0.5, 0.6) is 0 Å². The first-order chi connectivity index (χ1) is 12.4. The van der Waals surface area contributed by atoms with E-state index in [0.717, 1.165) is 6.42 Å². The zero-order valence-corrected chi connectivity index (χ0v) is 18.1. The van der Waals surface area contributed by atoms with Crippen LogP contribution in [0.3, 0.4) is 0 Å². The third-order valence-corrected chi connectivity index (χ3v) is 7.76. The van der Waals surface area contributed by atoms with Crippen molar-refractivity contribution in [2.24, 2.45) is 0 Å². The average molecular weight is 429 g/mol. The summed E-state index contributed by atoms with van der Waals surface area (Å²) in [7, 11) is 0. The van der Waals surface area contributed by atoms with Crippen LogP contribution in [-0.2, 0) is 22.9 Å². The molecule has 1 aliphatic carbocycles. The molecule has 0 radical (unpaired) electrons. The molecule has 0 unspecified atom stereocenters. The molecule has 0 heterocycles. The Labute approximate surface area is 183 Å². The van der Waals surface area contributed by atoms with E-state index in [4.69, 9.17) is 0 Å². The standard InChI is InChI=1S/C19H15.C5H5.2ClH.Ti/c1-4-10-16(11-5-1)19(17-12-6-2-7-13-17)18-14-8-3-9-15-18;1-2-4-5-3-1;;;/h1-15H;1-3H,4H2;2*1H;. The molecule has 0 spiro atoms. The molecule has 3 aromatic carbocycles. The van der Waals surface area contributed by atoms with Gasteiger partial charge in [0.1, 0.15) is 0 Å². The molecule has 0 aliphatic heterocycles. The summed E-state index contributed by atoms with van der Waals surface area (Å²) in [6, 6.07) is 33.1. The van der Waals surface area contributed by atoms with Gasteiger partial charge in [-0.3, -0.25) is 0 Å². The van der Waals surface area contributed by atoms with Crippen LogP contribution in [0.4, 0.5) is 0 Å². The van der Waals surface area contributed by atoms with Gasteiger partial charge in [0.2, 0.25) is 0 Å². The topological polar surface area (TPSA) is 0 Å². The second kappa shape index (κ2) is 10.1. The van der Waals surface area contributed by atoms with Gasteiger partial charge < -0.3 is 0 Å². The maximum atomic E-state index is 2.34. The second-order valence-electron chi connectivity index (χ2n) is 6.30. The predicted molar refractivity (Wildman–Crippen MR) is 116 cm³/mol. The molecule has 1 aliphatic rings. The van der Waals surface area contributed by atoms with Crippen LogP contribution in [0.15, 0.2) is 113 Å². The van der Waals surface area contributed by atoms with Gasteiger partial charge in [0.15, 0.2) is 0 Å². The van der Waals surface area contributed by atoms with Crippen LogP contribution in [0.2, 0.25) is 0 Å². The van der Waals surface area contributed by atoms with Gasteiger partial charge in [-0.05, 0) is 0 Å². The Bertz CT molecular complexity index is 791. The molecule has 0 amide bonds. The van der Waals surface area contributed by atoms with Crippen molar-refractivity contribution in [2.75, 3.05) is 0 Å². The van der Waals surface area contributed by atoms with Gasteiger partial charge in [-0.2, -0.15) is 0 Å². The van der Waals surface area contributed by atoms with Crippen molar-refractivity contribution >= 4 is 24.8 Å². The first-order valence-electron chi connectivity index (χ1n) is 8.70. The minimum absolute atomic E-state index is 0. The minimum atomic E-state index is -0.441. The van der Waals surface area contributed by atoms with Crippen molar-refractivity contribution in [3.05, 3.63) is 130 Å². The molecule has 0 bridgehead atoms. The molecule has 0 fully saturated rings. The van der Waals surface area contributed by atoms with Gasteiger partial charge >= 0.3 is 159 Å². The van der Waals surface area contributed by atoms with Gasteiger partial charge in [0.25, 0.3) is 0 Å². The summed E-state index contributed by atoms with van der Waals surface area (Å²) in [5, 5.41) is 0. The van der Waals surface area contributed by atoms with E-state index >= 15 is 0 Å². The molecule has 0 saturated carbocycles. The Kier molecular flexibility index (Phi) is 8.14. The number of halogens is 2. The van der Waals surface area contributed by atoms with E-state index in [1.165, 1.54) is 16.7 Å². The van der Waals surface area contributed by atoms with Gasteiger partial charge in [0.05, 0.1) is 0 Å². The maximum Gasteiger partial charge on any atom is -0.147 e. The molecular formula is C24H22Cl2Ti. The summed E-state index contributed by atoms with van der Waals surface area (Å²) in [4.78, 5) is 0. The zero-order valence-electron chi connectivity index (χ0n) is 14.9. The SMILES string of the molecule is C1=CC[C]([Ti][C](c2ccccc2)(c2ccccc2)c2ccccc2)=C1.Cl.Cl. The molecule has 4 rings (SSSR count). The van der Waals surface area contributed by atoms with Gasteiger partial charge in [-0.15, -0.1) is 24.8 Å². The van der Waals surface area contributed by atoms with E-state index in [0.29, 0.717) is 0 Å². The van der Waals surface area contributed by atoms with Crippen LogP contribution in [0.25, 0.3) is 0 Å². The third kappa shape index (κ3) is 4.47. The summed E-state index contributed by atoms with van der Waals surface area (Å²) in [5.74, 6) is 0. The van der Waals surface area contributed by atoms with E-state index in [1.807, 2.05) is 0 Å². The Balaban J connectivity index is 0.00000131. The number of hydrogen-bond donors (Lipinski definition) is 0. The van der Waals surface area contributed by atoms with Crippen molar-refractivity contribution in [3.8, 4) is 0 Å². The van der Waals surface area contributed by atoms with E-state index in [2.05, 4.69) is 109 Å². The Morgan fingerprint density at radius 3 is 1.33 bits per heavy atom. The third-order valence-electron chi connectivity index (χ3n) is 4.74. The molecule has 0 nitrogen and oxygen atoms in total. The monoisotopic (exact) mass is 428 g/mol. The maximum absolute atomic E-state index is 2.34. The van der Waals surface area contributed by atoms with Crippen LogP contribution >= 0.6 is 24.8 Å². The fraction of sp³-hybridized carbons (Fsp3) is 0.0833. The molecule has 3 heteroatoms. The van der Waals surface area contributed by atoms with Crippen LogP contribution in [0.1, 0.15) is 23.1 Å². The molecule has 0 atom stereocenters. The first-order valence-corrected chi connectivity index (χ1v) is 10.3. The van der Waals surface area contributed by atoms with Crippen molar-refractivity contribution in [3.63, 3.8) is 0 Å². The Hall–Kier alpha value is -1.57. The minimum Gasteiger partial charge on any atom is -0.147 e. The number of rotatable bonds is 5. The second-order valence-corrected chi connectivity index (χ2v) is 8.86. The van der Waals surface area contributed by atoms with Crippen molar-refractivity contribution in [2.45, 2.75) is 10.1 Å². The molecular weight excluding hydrogens is 407 g/mol. The van der Waals surface area contributed by atoms with Gasteiger partial charge in [-0.25, -0.2) is 0 Å². The predicted octanol–water partition coefficient (Wildman–Crippen LogP) is 6.75. The number of allylic oxidation sites excluding steroid dienone is 4. The van der Waals surface area contributed by atoms with Gasteiger partial charge in [-0.1, -0.05) is 0 Å². The molecule has 0 saturated heterocycles. The van der Waals surface area contributed by atoms with Crippen molar-refractivity contribution in [1.29, 1.82) is 0 Å². The van der Waals surface area contributed by atoms with Gasteiger partial charge in [0, 0.05) is 0 Å². The molecule has 27 heavy (non-hydrogen) atoms. The smallest absolute Gasteiger partial charge is 0.147 e. The summed E-state index contributed by atoms with van der Waals surface area (Å²) in [5.41, 5.74) is 4.21. The summed E-state index contributed by atoms with van der Waals surface area (Å²) in [6.45, 7) is 0. The molecule has 0 aromatic heterocycles. The Morgan fingerprint density at radius 1 is 0.593 bits per heavy atom. The molecule has 136 valence electrons. The normalized spacial score (nSPS) is 12.5. The number of benzene rings is 3. The van der Waals surface area contributed by atoms with Crippen LogP contribution < -0.4 is 0 Å². The van der Waals surface area contributed by atoms with E-state index < -0.39 is 19.2 Å². The fourth-order valence-corrected chi connectivity index (χ4v) is 6.39. The molecule has 3 aromatic rings. The zero-order chi connectivity index (χ0) is 17.0. The van der Waals surface area contributed by atoms with Crippen molar-refractivity contribution in [1.82, 2.24) is 0 Å². The summed E-state index contributed by atoms with van der Waals surface area (Å²) in [6.07, 6.45) is 7.94. The average Bonchev–Trinajstić information content (AvgIpc) is 3.21. The first kappa shape index (κ1) is 21.7. The van der Waals surface area contributed by atoms with Crippen LogP contribution in [0, 0.1) is 0 Å². The summed E-state index contributed by atoms with van der Waals surface area (Å²) >= 11 is -0.441. The van der Waals surface area contributed by atoms with E-state index in [9.17, 15) is 0 Å². The fourth-order valence-electron chi connectivity index (χ4n) is 3.56. The largest absolute Gasteiger partial charge is 0.147 e.